The molecule has 0 saturated heterocycles. The minimum Gasteiger partial charge on any atom is -0.376 e. The molecule has 31 heavy (non-hydrogen) atoms. The van der Waals surface area contributed by atoms with Crippen LogP contribution in [-0.4, -0.2) is 29.2 Å². The van der Waals surface area contributed by atoms with E-state index in [-0.39, 0.29) is 6.73 Å². The van der Waals surface area contributed by atoms with Crippen molar-refractivity contribution in [2.75, 3.05) is 13.3 Å². The maximum atomic E-state index is 10.0. The van der Waals surface area contributed by atoms with Gasteiger partial charge in [-0.2, -0.15) is 0 Å². The van der Waals surface area contributed by atoms with Gasteiger partial charge in [-0.1, -0.05) is 61.2 Å². The first-order valence-corrected chi connectivity index (χ1v) is 11.9. The first-order valence-electron chi connectivity index (χ1n) is 11.6. The Morgan fingerprint density at radius 2 is 1.74 bits per heavy atom. The summed E-state index contributed by atoms with van der Waals surface area (Å²) in [4.78, 5) is 6.92. The van der Waals surface area contributed by atoms with Gasteiger partial charge in [0.05, 0.1) is 5.54 Å². The van der Waals surface area contributed by atoms with E-state index < -0.39 is 5.54 Å². The fraction of sp³-hybridized carbons (Fsp3) is 0.500. The van der Waals surface area contributed by atoms with Gasteiger partial charge in [0.1, 0.15) is 6.73 Å². The Morgan fingerprint density at radius 1 is 1.06 bits per heavy atom. The number of rotatable bonds is 7. The second-order valence-corrected chi connectivity index (χ2v) is 9.79. The molecule has 5 heteroatoms. The summed E-state index contributed by atoms with van der Waals surface area (Å²) in [5.41, 5.74) is 9.48. The van der Waals surface area contributed by atoms with Crippen molar-refractivity contribution in [1.82, 2.24) is 4.90 Å². The molecule has 3 N–H and O–H groups in total. The molecule has 2 aromatic rings. The van der Waals surface area contributed by atoms with E-state index in [0.29, 0.717) is 17.8 Å². The molecule has 2 fully saturated rings. The SMILES string of the molecule is CC(N=C(N)N(CO)CC1CCCCC1)(c1cccc(-c2cccc(Cl)c2)c1)C1CC1. The Kier molecular flexibility index (Phi) is 6.88. The largest absolute Gasteiger partial charge is 0.376 e. The van der Waals surface area contributed by atoms with Crippen LogP contribution in [0.5, 0.6) is 0 Å². The van der Waals surface area contributed by atoms with Gasteiger partial charge < -0.3 is 15.7 Å². The van der Waals surface area contributed by atoms with Gasteiger partial charge in [0, 0.05) is 11.6 Å². The smallest absolute Gasteiger partial charge is 0.194 e. The molecule has 0 heterocycles. The Balaban J connectivity index is 1.61. The molecule has 2 aliphatic rings. The van der Waals surface area contributed by atoms with Crippen LogP contribution in [0.2, 0.25) is 5.02 Å². The quantitative estimate of drug-likeness (QED) is 0.326. The molecule has 1 atom stereocenters. The second-order valence-electron chi connectivity index (χ2n) is 9.35. The van der Waals surface area contributed by atoms with Crippen LogP contribution in [0.15, 0.2) is 53.5 Å². The van der Waals surface area contributed by atoms with Crippen LogP contribution >= 0.6 is 11.6 Å². The third-order valence-corrected chi connectivity index (χ3v) is 7.26. The third-order valence-electron chi connectivity index (χ3n) is 7.02. The number of hydrogen-bond acceptors (Lipinski definition) is 2. The van der Waals surface area contributed by atoms with Crippen molar-refractivity contribution in [3.63, 3.8) is 0 Å². The van der Waals surface area contributed by atoms with Gasteiger partial charge in [-0.05, 0) is 79.3 Å². The summed E-state index contributed by atoms with van der Waals surface area (Å²) in [6, 6.07) is 16.5. The minimum absolute atomic E-state index is 0.0882. The lowest BCUT2D eigenvalue weighted by molar-refractivity contribution is 0.141. The summed E-state index contributed by atoms with van der Waals surface area (Å²) in [7, 11) is 0. The lowest BCUT2D eigenvalue weighted by Gasteiger charge is -2.32. The van der Waals surface area contributed by atoms with E-state index >= 15 is 0 Å². The standard InChI is InChI=1S/C26H34ClN3O/c1-26(22-13-14-22,29-25(28)30(18-31)17-19-7-3-2-4-8-19)23-11-5-9-20(15-23)21-10-6-12-24(27)16-21/h5-6,9-12,15-16,19,22,31H,2-4,7-8,13-14,17-18H2,1H3,(H2,28,29). The molecule has 4 rings (SSSR count). The first-order chi connectivity index (χ1) is 15.0. The average molecular weight is 440 g/mol. The van der Waals surface area contributed by atoms with Crippen LogP contribution in [0.3, 0.4) is 0 Å². The number of nitrogens with zero attached hydrogens (tertiary/aromatic N) is 2. The normalized spacial score (nSPS) is 19.8. The number of nitrogens with two attached hydrogens (primary N) is 1. The van der Waals surface area contributed by atoms with E-state index in [1.165, 1.54) is 32.1 Å². The molecule has 0 aliphatic heterocycles. The van der Waals surface area contributed by atoms with Crippen molar-refractivity contribution in [2.24, 2.45) is 22.6 Å². The minimum atomic E-state index is -0.404. The number of guanidine groups is 1. The van der Waals surface area contributed by atoms with Crippen molar-refractivity contribution in [1.29, 1.82) is 0 Å². The van der Waals surface area contributed by atoms with E-state index in [0.717, 1.165) is 41.1 Å². The Morgan fingerprint density at radius 3 is 2.39 bits per heavy atom. The van der Waals surface area contributed by atoms with E-state index in [2.05, 4.69) is 37.3 Å². The molecule has 0 aromatic heterocycles. The zero-order chi connectivity index (χ0) is 21.8. The Hall–Kier alpha value is -2.04. The molecular formula is C26H34ClN3O. The molecular weight excluding hydrogens is 406 g/mol. The highest BCUT2D eigenvalue weighted by Crippen LogP contribution is 2.49. The highest BCUT2D eigenvalue weighted by atomic mass is 35.5. The molecule has 4 nitrogen and oxygen atoms in total. The van der Waals surface area contributed by atoms with E-state index in [4.69, 9.17) is 22.3 Å². The molecule has 0 bridgehead atoms. The summed E-state index contributed by atoms with van der Waals surface area (Å²) < 4.78 is 0. The maximum Gasteiger partial charge on any atom is 0.194 e. The van der Waals surface area contributed by atoms with Gasteiger partial charge in [-0.25, -0.2) is 4.99 Å². The lowest BCUT2D eigenvalue weighted by Crippen LogP contribution is -2.43. The van der Waals surface area contributed by atoms with Gasteiger partial charge in [0.2, 0.25) is 0 Å². The van der Waals surface area contributed by atoms with Gasteiger partial charge >= 0.3 is 0 Å². The van der Waals surface area contributed by atoms with Crippen LogP contribution in [0.4, 0.5) is 0 Å². The van der Waals surface area contributed by atoms with Gasteiger partial charge in [-0.15, -0.1) is 0 Å². The molecule has 1 unspecified atom stereocenters. The van der Waals surface area contributed by atoms with Crippen molar-refractivity contribution >= 4 is 17.6 Å². The topological polar surface area (TPSA) is 61.8 Å². The number of aliphatic hydroxyl groups excluding tert-OH is 1. The van der Waals surface area contributed by atoms with Crippen molar-refractivity contribution in [3.8, 4) is 11.1 Å². The molecule has 0 radical (unpaired) electrons. The highest BCUT2D eigenvalue weighted by Gasteiger charge is 2.43. The zero-order valence-electron chi connectivity index (χ0n) is 18.4. The number of halogens is 1. The first kappa shape index (κ1) is 22.2. The van der Waals surface area contributed by atoms with Crippen molar-refractivity contribution in [2.45, 2.75) is 57.4 Å². The predicted octanol–water partition coefficient (Wildman–Crippen LogP) is 5.78. The maximum absolute atomic E-state index is 10.0. The number of hydrogen-bond donors (Lipinski definition) is 2. The summed E-state index contributed by atoms with van der Waals surface area (Å²) in [6.07, 6.45) is 8.60. The Bertz CT molecular complexity index is 920. The molecule has 0 amide bonds. The lowest BCUT2D eigenvalue weighted by atomic mass is 9.86. The van der Waals surface area contributed by atoms with Crippen molar-refractivity contribution < 1.29 is 5.11 Å². The van der Waals surface area contributed by atoms with Gasteiger partial charge in [0.25, 0.3) is 0 Å². The summed E-state index contributed by atoms with van der Waals surface area (Å²) in [5.74, 6) is 1.51. The van der Waals surface area contributed by atoms with Crippen LogP contribution in [-0.2, 0) is 5.54 Å². The highest BCUT2D eigenvalue weighted by molar-refractivity contribution is 6.30. The monoisotopic (exact) mass is 439 g/mol. The fourth-order valence-corrected chi connectivity index (χ4v) is 5.12. The number of benzene rings is 2. The summed E-state index contributed by atoms with van der Waals surface area (Å²) in [5, 5.41) is 10.8. The van der Waals surface area contributed by atoms with Crippen molar-refractivity contribution in [3.05, 3.63) is 59.1 Å². The number of aliphatic hydroxyl groups is 1. The second kappa shape index (κ2) is 9.62. The fourth-order valence-electron chi connectivity index (χ4n) is 4.93. The molecule has 166 valence electrons. The van der Waals surface area contributed by atoms with Gasteiger partial charge in [0.15, 0.2) is 5.96 Å². The summed E-state index contributed by atoms with van der Waals surface area (Å²) >= 11 is 6.22. The summed E-state index contributed by atoms with van der Waals surface area (Å²) in [6.45, 7) is 2.88. The van der Waals surface area contributed by atoms with Crippen LogP contribution in [0.1, 0.15) is 57.4 Å². The third kappa shape index (κ3) is 5.24. The predicted molar refractivity (Wildman–Crippen MR) is 129 cm³/mol. The van der Waals surface area contributed by atoms with E-state index in [9.17, 15) is 5.11 Å². The molecule has 2 aromatic carbocycles. The van der Waals surface area contributed by atoms with E-state index in [1.54, 1.807) is 0 Å². The molecule has 2 aliphatic carbocycles. The number of aliphatic imine (C=N–C) groups is 1. The zero-order valence-corrected chi connectivity index (χ0v) is 19.2. The van der Waals surface area contributed by atoms with E-state index in [1.807, 2.05) is 23.1 Å². The van der Waals surface area contributed by atoms with Crippen LogP contribution < -0.4 is 5.73 Å². The van der Waals surface area contributed by atoms with Crippen LogP contribution in [0, 0.1) is 11.8 Å². The average Bonchev–Trinajstić information content (AvgIpc) is 3.64. The molecule has 0 spiro atoms. The molecule has 2 saturated carbocycles. The Labute approximate surface area is 191 Å². The van der Waals surface area contributed by atoms with Crippen LogP contribution in [0.25, 0.3) is 11.1 Å². The van der Waals surface area contributed by atoms with Gasteiger partial charge in [-0.3, -0.25) is 0 Å².